The van der Waals surface area contributed by atoms with Crippen LogP contribution >= 0.6 is 24.4 Å². The highest BCUT2D eigenvalue weighted by Gasteiger charge is 2.41. The summed E-state index contributed by atoms with van der Waals surface area (Å²) < 4.78 is 17.2. The average Bonchev–Trinajstić information content (AvgIpc) is 2.88. The maximum atomic E-state index is 10.7. The van der Waals surface area contributed by atoms with E-state index in [0.717, 1.165) is 25.7 Å². The fraction of sp³-hybridized carbons (Fsp3) is 0.933. The van der Waals surface area contributed by atoms with E-state index in [1.54, 1.807) is 0 Å². The molecule has 218 valence electrons. The second-order valence-electron chi connectivity index (χ2n) is 10.7. The van der Waals surface area contributed by atoms with Crippen molar-refractivity contribution in [2.45, 2.75) is 167 Å². The zero-order valence-electron chi connectivity index (χ0n) is 23.8. The molecule has 0 aromatic carbocycles. The van der Waals surface area contributed by atoms with Crippen LogP contribution in [0.5, 0.6) is 0 Å². The van der Waals surface area contributed by atoms with Crippen LogP contribution in [0.25, 0.3) is 0 Å². The minimum absolute atomic E-state index is 0.0847. The number of hydrogen-bond donors (Lipinski definition) is 2. The average molecular weight is 561 g/mol. The quantitative estimate of drug-likeness (QED) is 0.0969. The van der Waals surface area contributed by atoms with Gasteiger partial charge in [0.05, 0.1) is 6.61 Å². The molecule has 0 radical (unpaired) electrons. The second-order valence-corrected chi connectivity index (χ2v) is 11.6. The van der Waals surface area contributed by atoms with Crippen molar-refractivity contribution in [3.8, 4) is 0 Å². The van der Waals surface area contributed by atoms with Crippen LogP contribution < -0.4 is 0 Å². The Labute approximate surface area is 238 Å². The lowest BCUT2D eigenvalue weighted by molar-refractivity contribution is -0.189. The molecule has 5 nitrogen and oxygen atoms in total. The smallest absolute Gasteiger partial charge is 0.160 e. The summed E-state index contributed by atoms with van der Waals surface area (Å²) in [5.41, 5.74) is 0. The predicted octanol–water partition coefficient (Wildman–Crippen LogP) is 8.01. The molecule has 1 aliphatic heterocycles. The number of unbranched alkanes of at least 4 members (excludes halogenated alkanes) is 16. The van der Waals surface area contributed by atoms with Crippen molar-refractivity contribution in [1.82, 2.24) is 0 Å². The Morgan fingerprint density at radius 1 is 0.676 bits per heavy atom. The standard InChI is InChI=1S/C30H56O5S2/c1-3-5-7-9-11-13-15-17-19-21-27(36)34-24-26-29(32)30(25(31)23-33-26)35-28(37)22-20-18-16-14-12-10-8-6-4-2/h25-26,29-32H,3-24H2,1-2H3/t25-,26+,29+,30+/m1/s1. The number of aliphatic hydroxyl groups is 2. The van der Waals surface area contributed by atoms with Crippen LogP contribution in [0.2, 0.25) is 0 Å². The molecule has 1 fully saturated rings. The fourth-order valence-corrected chi connectivity index (χ4v) is 5.24. The van der Waals surface area contributed by atoms with Crippen LogP contribution in [0, 0.1) is 0 Å². The molecule has 7 heteroatoms. The monoisotopic (exact) mass is 560 g/mol. The number of hydrogen-bond acceptors (Lipinski definition) is 7. The molecule has 0 aromatic rings. The van der Waals surface area contributed by atoms with Gasteiger partial charge in [0.15, 0.2) is 16.2 Å². The third-order valence-corrected chi connectivity index (χ3v) is 7.85. The van der Waals surface area contributed by atoms with Gasteiger partial charge in [-0.1, -0.05) is 117 Å². The number of aliphatic hydroxyl groups excluding tert-OH is 2. The normalized spacial score (nSPS) is 21.6. The van der Waals surface area contributed by atoms with Gasteiger partial charge >= 0.3 is 0 Å². The molecule has 0 spiro atoms. The summed E-state index contributed by atoms with van der Waals surface area (Å²) in [6.45, 7) is 4.74. The summed E-state index contributed by atoms with van der Waals surface area (Å²) >= 11 is 10.8. The number of rotatable bonds is 23. The molecule has 0 aliphatic carbocycles. The topological polar surface area (TPSA) is 68.2 Å². The molecule has 0 amide bonds. The summed E-state index contributed by atoms with van der Waals surface area (Å²) in [5.74, 6) is 0. The van der Waals surface area contributed by atoms with Crippen LogP contribution in [0.3, 0.4) is 0 Å². The largest absolute Gasteiger partial charge is 0.484 e. The highest BCUT2D eigenvalue weighted by molar-refractivity contribution is 7.80. The Kier molecular flexibility index (Phi) is 22.1. The first-order valence-corrected chi connectivity index (χ1v) is 16.1. The van der Waals surface area contributed by atoms with Gasteiger partial charge in [-0.3, -0.25) is 0 Å². The van der Waals surface area contributed by atoms with E-state index in [2.05, 4.69) is 13.8 Å². The van der Waals surface area contributed by atoms with E-state index in [9.17, 15) is 10.2 Å². The summed E-state index contributed by atoms with van der Waals surface area (Å²) in [5, 5.41) is 22.1. The van der Waals surface area contributed by atoms with Crippen molar-refractivity contribution >= 4 is 34.5 Å². The molecule has 0 aromatic heterocycles. The molecule has 2 N–H and O–H groups in total. The molecule has 1 aliphatic rings. The Morgan fingerprint density at radius 2 is 1.11 bits per heavy atom. The highest BCUT2D eigenvalue weighted by Crippen LogP contribution is 2.21. The molecule has 37 heavy (non-hydrogen) atoms. The van der Waals surface area contributed by atoms with Gasteiger partial charge in [-0.2, -0.15) is 0 Å². The summed E-state index contributed by atoms with van der Waals surface area (Å²) in [7, 11) is 0. The minimum atomic E-state index is -1.01. The third-order valence-electron chi connectivity index (χ3n) is 7.22. The second kappa shape index (κ2) is 23.5. The van der Waals surface area contributed by atoms with Gasteiger partial charge in [0.1, 0.15) is 24.9 Å². The molecule has 4 atom stereocenters. The number of ether oxygens (including phenoxy) is 3. The lowest BCUT2D eigenvalue weighted by Crippen LogP contribution is -2.56. The summed E-state index contributed by atoms with van der Waals surface area (Å²) in [6, 6.07) is 0. The van der Waals surface area contributed by atoms with E-state index in [4.69, 9.17) is 38.6 Å². The number of thiocarbonyl (C=S) groups is 2. The maximum absolute atomic E-state index is 10.7. The van der Waals surface area contributed by atoms with E-state index < -0.39 is 24.4 Å². The minimum Gasteiger partial charge on any atom is -0.484 e. The molecular weight excluding hydrogens is 504 g/mol. The first kappa shape index (κ1) is 34.7. The summed E-state index contributed by atoms with van der Waals surface area (Å²) in [6.07, 6.45) is 20.7. The molecule has 0 unspecified atom stereocenters. The van der Waals surface area contributed by atoms with Gasteiger partial charge in [0.2, 0.25) is 0 Å². The zero-order valence-corrected chi connectivity index (χ0v) is 25.4. The first-order valence-electron chi connectivity index (χ1n) is 15.3. The lowest BCUT2D eigenvalue weighted by Gasteiger charge is -2.37. The van der Waals surface area contributed by atoms with Gasteiger partial charge in [0.25, 0.3) is 0 Å². The van der Waals surface area contributed by atoms with Crippen molar-refractivity contribution in [3.63, 3.8) is 0 Å². The van der Waals surface area contributed by atoms with Gasteiger partial charge in [-0.25, -0.2) is 0 Å². The Morgan fingerprint density at radius 3 is 1.59 bits per heavy atom. The van der Waals surface area contributed by atoms with Crippen molar-refractivity contribution in [2.75, 3.05) is 13.2 Å². The first-order chi connectivity index (χ1) is 18.0. The van der Waals surface area contributed by atoms with Crippen molar-refractivity contribution < 1.29 is 24.4 Å². The van der Waals surface area contributed by atoms with Crippen LogP contribution in [-0.2, 0) is 14.2 Å². The molecular formula is C30H56O5S2. The summed E-state index contributed by atoms with van der Waals surface area (Å²) in [4.78, 5) is 0. The Balaban J connectivity index is 2.16. The van der Waals surface area contributed by atoms with Crippen LogP contribution in [-0.4, -0.2) is 57.9 Å². The van der Waals surface area contributed by atoms with Crippen LogP contribution in [0.4, 0.5) is 0 Å². The van der Waals surface area contributed by atoms with Gasteiger partial charge in [-0.05, 0) is 37.3 Å². The van der Waals surface area contributed by atoms with E-state index in [1.807, 2.05) is 0 Å². The van der Waals surface area contributed by atoms with Crippen molar-refractivity contribution in [2.24, 2.45) is 0 Å². The van der Waals surface area contributed by atoms with E-state index >= 15 is 0 Å². The SMILES string of the molecule is CCCCCCCCCCCC(=S)OC[C@@H]1OC[C@@H](O)[C@H](OC(=S)CCCCCCCCCCC)[C@H]1O. The molecule has 1 heterocycles. The van der Waals surface area contributed by atoms with Crippen molar-refractivity contribution in [3.05, 3.63) is 0 Å². The zero-order chi connectivity index (χ0) is 27.1. The van der Waals surface area contributed by atoms with Gasteiger partial charge in [-0.15, -0.1) is 0 Å². The highest BCUT2D eigenvalue weighted by atomic mass is 32.1. The van der Waals surface area contributed by atoms with E-state index in [0.29, 0.717) is 16.5 Å². The fourth-order valence-electron chi connectivity index (χ4n) is 4.77. The lowest BCUT2D eigenvalue weighted by atomic mass is 10.00. The van der Waals surface area contributed by atoms with Crippen LogP contribution in [0.15, 0.2) is 0 Å². The van der Waals surface area contributed by atoms with Gasteiger partial charge < -0.3 is 24.4 Å². The van der Waals surface area contributed by atoms with Crippen LogP contribution in [0.1, 0.15) is 142 Å². The molecule has 1 rings (SSSR count). The maximum Gasteiger partial charge on any atom is 0.160 e. The Bertz CT molecular complexity index is 574. The van der Waals surface area contributed by atoms with Gasteiger partial charge in [0, 0.05) is 12.8 Å². The molecule has 0 bridgehead atoms. The van der Waals surface area contributed by atoms with Crippen molar-refractivity contribution in [1.29, 1.82) is 0 Å². The molecule has 0 saturated carbocycles. The van der Waals surface area contributed by atoms with E-state index in [1.165, 1.54) is 96.3 Å². The predicted molar refractivity (Wildman–Crippen MR) is 161 cm³/mol. The van der Waals surface area contributed by atoms with E-state index in [-0.39, 0.29) is 13.2 Å². The third kappa shape index (κ3) is 17.8. The molecule has 1 saturated heterocycles. The Hall–Kier alpha value is -0.340.